The summed E-state index contributed by atoms with van der Waals surface area (Å²) in [5, 5.41) is 1.77. The number of aryl methyl sites for hydroxylation is 1. The molecule has 4 rings (SSSR count). The van der Waals surface area contributed by atoms with E-state index in [1.54, 1.807) is 25.3 Å². The Balaban J connectivity index is 1.69. The standard InChI is InChI=1S/C23H25NO4S/c1-15-5-10-20-21(14-23(2,3)28-22(20)11-15)24-29(25,26)19-9-7-16-12-18(27-4)8-6-17(16)13-19/h5-13,21,24H,14H2,1-4H3/t21-/m1/s1. The number of sulfonamides is 1. The van der Waals surface area contributed by atoms with Crippen LogP contribution in [0.3, 0.4) is 0 Å². The summed E-state index contributed by atoms with van der Waals surface area (Å²) in [7, 11) is -2.10. The summed E-state index contributed by atoms with van der Waals surface area (Å²) >= 11 is 0. The van der Waals surface area contributed by atoms with E-state index in [4.69, 9.17) is 9.47 Å². The van der Waals surface area contributed by atoms with Crippen molar-refractivity contribution in [2.45, 2.75) is 43.7 Å². The molecule has 152 valence electrons. The summed E-state index contributed by atoms with van der Waals surface area (Å²) in [6, 6.07) is 16.2. The molecule has 0 aromatic heterocycles. The molecule has 0 radical (unpaired) electrons. The summed E-state index contributed by atoms with van der Waals surface area (Å²) in [5.41, 5.74) is 1.48. The van der Waals surface area contributed by atoms with Gasteiger partial charge in [0.15, 0.2) is 0 Å². The first-order valence-electron chi connectivity index (χ1n) is 9.57. The molecule has 29 heavy (non-hydrogen) atoms. The Bertz CT molecular complexity index is 1180. The first-order chi connectivity index (χ1) is 13.7. The molecule has 0 saturated heterocycles. The number of fused-ring (bicyclic) bond motifs is 2. The van der Waals surface area contributed by atoms with Gasteiger partial charge in [0.1, 0.15) is 17.1 Å². The molecule has 6 heteroatoms. The van der Waals surface area contributed by atoms with Crippen molar-refractivity contribution in [1.29, 1.82) is 0 Å². The molecule has 1 aliphatic rings. The second-order valence-electron chi connectivity index (χ2n) is 8.16. The average molecular weight is 412 g/mol. The Morgan fingerprint density at radius 1 is 1.03 bits per heavy atom. The van der Waals surface area contributed by atoms with Gasteiger partial charge >= 0.3 is 0 Å². The van der Waals surface area contributed by atoms with Crippen molar-refractivity contribution < 1.29 is 17.9 Å². The number of rotatable bonds is 4. The number of hydrogen-bond acceptors (Lipinski definition) is 4. The van der Waals surface area contributed by atoms with Crippen LogP contribution < -0.4 is 14.2 Å². The highest BCUT2D eigenvalue weighted by molar-refractivity contribution is 7.89. The van der Waals surface area contributed by atoms with Gasteiger partial charge < -0.3 is 9.47 Å². The predicted molar refractivity (Wildman–Crippen MR) is 114 cm³/mol. The number of benzene rings is 3. The lowest BCUT2D eigenvalue weighted by molar-refractivity contribution is 0.0701. The van der Waals surface area contributed by atoms with E-state index in [0.717, 1.165) is 33.4 Å². The first-order valence-corrected chi connectivity index (χ1v) is 11.0. The Hall–Kier alpha value is -2.57. The molecule has 3 aromatic carbocycles. The number of methoxy groups -OCH3 is 1. The van der Waals surface area contributed by atoms with Crippen molar-refractivity contribution in [1.82, 2.24) is 4.72 Å². The Morgan fingerprint density at radius 3 is 2.52 bits per heavy atom. The van der Waals surface area contributed by atoms with Gasteiger partial charge in [0.25, 0.3) is 0 Å². The van der Waals surface area contributed by atoms with E-state index in [-0.39, 0.29) is 10.9 Å². The molecule has 5 nitrogen and oxygen atoms in total. The minimum Gasteiger partial charge on any atom is -0.497 e. The molecule has 1 atom stereocenters. The number of nitrogens with one attached hydrogen (secondary N) is 1. The fourth-order valence-electron chi connectivity index (χ4n) is 3.82. The SMILES string of the molecule is COc1ccc2cc(S(=O)(=O)N[C@@H]3CC(C)(C)Oc4cc(C)ccc43)ccc2c1. The molecule has 0 amide bonds. The van der Waals surface area contributed by atoms with Crippen LogP contribution in [-0.4, -0.2) is 21.1 Å². The molecule has 0 fully saturated rings. The molecule has 0 saturated carbocycles. The van der Waals surface area contributed by atoms with Gasteiger partial charge in [-0.15, -0.1) is 0 Å². The maximum absolute atomic E-state index is 13.2. The van der Waals surface area contributed by atoms with Crippen LogP contribution in [0.4, 0.5) is 0 Å². The van der Waals surface area contributed by atoms with Gasteiger partial charge in [0.2, 0.25) is 10.0 Å². The molecule has 0 spiro atoms. The van der Waals surface area contributed by atoms with Crippen LogP contribution in [0.15, 0.2) is 59.5 Å². The molecule has 1 N–H and O–H groups in total. The molecule has 0 unspecified atom stereocenters. The van der Waals surface area contributed by atoms with Crippen molar-refractivity contribution in [2.24, 2.45) is 0 Å². The monoisotopic (exact) mass is 411 g/mol. The van der Waals surface area contributed by atoms with Crippen molar-refractivity contribution in [3.05, 3.63) is 65.7 Å². The van der Waals surface area contributed by atoms with Crippen LogP contribution in [0.5, 0.6) is 11.5 Å². The molecule has 1 aliphatic heterocycles. The molecular formula is C23H25NO4S. The van der Waals surface area contributed by atoms with Crippen LogP contribution in [0, 0.1) is 6.92 Å². The van der Waals surface area contributed by atoms with Gasteiger partial charge in [0, 0.05) is 12.0 Å². The van der Waals surface area contributed by atoms with Crippen molar-refractivity contribution in [3.8, 4) is 11.5 Å². The zero-order valence-electron chi connectivity index (χ0n) is 17.0. The lowest BCUT2D eigenvalue weighted by Gasteiger charge is -2.38. The summed E-state index contributed by atoms with van der Waals surface area (Å²) < 4.78 is 40.6. The zero-order chi connectivity index (χ0) is 20.8. The maximum Gasteiger partial charge on any atom is 0.241 e. The van der Waals surface area contributed by atoms with Crippen molar-refractivity contribution in [2.75, 3.05) is 7.11 Å². The third-order valence-corrected chi connectivity index (χ3v) is 6.72. The van der Waals surface area contributed by atoms with Gasteiger partial charge in [-0.3, -0.25) is 0 Å². The van der Waals surface area contributed by atoms with Crippen LogP contribution >= 0.6 is 0 Å². The summed E-state index contributed by atoms with van der Waals surface area (Å²) in [6.45, 7) is 5.94. The topological polar surface area (TPSA) is 64.6 Å². The molecule has 1 heterocycles. The van der Waals surface area contributed by atoms with E-state index in [1.165, 1.54) is 0 Å². The smallest absolute Gasteiger partial charge is 0.241 e. The zero-order valence-corrected chi connectivity index (χ0v) is 17.8. The number of hydrogen-bond donors (Lipinski definition) is 1. The highest BCUT2D eigenvalue weighted by Gasteiger charge is 2.36. The summed E-state index contributed by atoms with van der Waals surface area (Å²) in [5.74, 6) is 1.47. The lowest BCUT2D eigenvalue weighted by Crippen LogP contribution is -2.41. The largest absolute Gasteiger partial charge is 0.497 e. The van der Waals surface area contributed by atoms with Crippen LogP contribution in [-0.2, 0) is 10.0 Å². The first kappa shape index (κ1) is 19.7. The van der Waals surface area contributed by atoms with E-state index in [2.05, 4.69) is 4.72 Å². The predicted octanol–water partition coefficient (Wildman–Crippen LogP) is 4.74. The quantitative estimate of drug-likeness (QED) is 0.674. The van der Waals surface area contributed by atoms with E-state index in [0.29, 0.717) is 6.42 Å². The number of ether oxygens (including phenoxy) is 2. The average Bonchev–Trinajstić information content (AvgIpc) is 2.65. The lowest BCUT2D eigenvalue weighted by atomic mass is 9.90. The van der Waals surface area contributed by atoms with Crippen LogP contribution in [0.1, 0.15) is 37.4 Å². The Kier molecular flexibility index (Phi) is 4.79. The van der Waals surface area contributed by atoms with Gasteiger partial charge in [-0.2, -0.15) is 0 Å². The second kappa shape index (κ2) is 7.04. The van der Waals surface area contributed by atoms with Crippen LogP contribution in [0.25, 0.3) is 10.8 Å². The van der Waals surface area contributed by atoms with E-state index >= 15 is 0 Å². The molecular weight excluding hydrogens is 386 g/mol. The maximum atomic E-state index is 13.2. The van der Waals surface area contributed by atoms with Gasteiger partial charge in [-0.1, -0.05) is 24.3 Å². The van der Waals surface area contributed by atoms with Crippen molar-refractivity contribution >= 4 is 20.8 Å². The van der Waals surface area contributed by atoms with E-state index in [1.807, 2.05) is 57.2 Å². The Labute approximate surface area is 171 Å². The van der Waals surface area contributed by atoms with Crippen LogP contribution in [0.2, 0.25) is 0 Å². The highest BCUT2D eigenvalue weighted by atomic mass is 32.2. The van der Waals surface area contributed by atoms with Gasteiger partial charge in [-0.05, 0) is 67.4 Å². The third kappa shape index (κ3) is 3.95. The molecule has 3 aromatic rings. The third-order valence-electron chi connectivity index (χ3n) is 5.25. The fraction of sp³-hybridized carbons (Fsp3) is 0.304. The van der Waals surface area contributed by atoms with E-state index < -0.39 is 15.6 Å². The van der Waals surface area contributed by atoms with Gasteiger partial charge in [-0.25, -0.2) is 13.1 Å². The van der Waals surface area contributed by atoms with Crippen molar-refractivity contribution in [3.63, 3.8) is 0 Å². The second-order valence-corrected chi connectivity index (χ2v) is 9.87. The summed E-state index contributed by atoms with van der Waals surface area (Å²) in [4.78, 5) is 0.244. The Morgan fingerprint density at radius 2 is 1.76 bits per heavy atom. The molecule has 0 bridgehead atoms. The fourth-order valence-corrected chi connectivity index (χ4v) is 5.07. The highest BCUT2D eigenvalue weighted by Crippen LogP contribution is 2.40. The molecule has 0 aliphatic carbocycles. The summed E-state index contributed by atoms with van der Waals surface area (Å²) in [6.07, 6.45) is 0.549. The minimum absolute atomic E-state index is 0.244. The van der Waals surface area contributed by atoms with Gasteiger partial charge in [0.05, 0.1) is 18.0 Å². The van der Waals surface area contributed by atoms with E-state index in [9.17, 15) is 8.42 Å². The minimum atomic E-state index is -3.71. The normalized spacial score (nSPS) is 18.1.